The Morgan fingerprint density at radius 2 is 2.00 bits per heavy atom. The number of hydrogen-bond acceptors (Lipinski definition) is 3. The number of nitrogens with two attached hydrogens (primary N) is 1. The van der Waals surface area contributed by atoms with Crippen LogP contribution in [0.3, 0.4) is 0 Å². The van der Waals surface area contributed by atoms with Gasteiger partial charge in [-0.15, -0.1) is 0 Å². The highest BCUT2D eigenvalue weighted by atomic mass is 19.1. The summed E-state index contributed by atoms with van der Waals surface area (Å²) in [5, 5.41) is 0. The molecule has 0 saturated carbocycles. The number of rotatable bonds is 5. The summed E-state index contributed by atoms with van der Waals surface area (Å²) in [7, 11) is 1.31. The van der Waals surface area contributed by atoms with Crippen LogP contribution in [0.4, 0.5) is 4.39 Å². The molecule has 0 bridgehead atoms. The summed E-state index contributed by atoms with van der Waals surface area (Å²) in [5.74, 6) is -0.552. The first-order valence-electron chi connectivity index (χ1n) is 6.05. The molecule has 0 amide bonds. The van der Waals surface area contributed by atoms with E-state index in [-0.39, 0.29) is 17.7 Å². The molecular weight excluding hydrogens is 233 g/mol. The van der Waals surface area contributed by atoms with Crippen molar-refractivity contribution in [3.05, 3.63) is 35.6 Å². The Morgan fingerprint density at radius 1 is 1.39 bits per heavy atom. The Hall–Kier alpha value is -1.42. The zero-order valence-electron chi connectivity index (χ0n) is 11.0. The minimum atomic E-state index is -0.653. The van der Waals surface area contributed by atoms with Gasteiger partial charge in [0.15, 0.2) is 0 Å². The molecule has 0 aromatic heterocycles. The summed E-state index contributed by atoms with van der Waals surface area (Å²) in [4.78, 5) is 11.3. The fraction of sp³-hybridized carbons (Fsp3) is 0.500. The molecule has 0 heterocycles. The number of methoxy groups -OCH3 is 1. The second-order valence-electron chi connectivity index (χ2n) is 4.65. The lowest BCUT2D eigenvalue weighted by atomic mass is 9.84. The van der Waals surface area contributed by atoms with Crippen molar-refractivity contribution in [3.8, 4) is 0 Å². The molecule has 1 aromatic rings. The maximum absolute atomic E-state index is 13.6. The van der Waals surface area contributed by atoms with E-state index in [0.29, 0.717) is 12.0 Å². The van der Waals surface area contributed by atoms with Gasteiger partial charge in [-0.3, -0.25) is 4.79 Å². The average molecular weight is 253 g/mol. The molecule has 0 aliphatic carbocycles. The largest absolute Gasteiger partial charge is 0.468 e. The van der Waals surface area contributed by atoms with E-state index in [4.69, 9.17) is 5.73 Å². The van der Waals surface area contributed by atoms with Crippen molar-refractivity contribution in [1.82, 2.24) is 0 Å². The third kappa shape index (κ3) is 3.53. The van der Waals surface area contributed by atoms with Crippen LogP contribution < -0.4 is 5.73 Å². The van der Waals surface area contributed by atoms with Gasteiger partial charge in [0.2, 0.25) is 0 Å². The maximum atomic E-state index is 13.6. The SMILES string of the molecule is COC(=O)C(N)CC(C)C(C)c1ccccc1F. The van der Waals surface area contributed by atoms with E-state index in [1.54, 1.807) is 12.1 Å². The minimum Gasteiger partial charge on any atom is -0.468 e. The summed E-state index contributed by atoms with van der Waals surface area (Å²) < 4.78 is 18.2. The summed E-state index contributed by atoms with van der Waals surface area (Å²) in [6, 6.07) is 6.02. The lowest BCUT2D eigenvalue weighted by Gasteiger charge is -2.22. The highest BCUT2D eigenvalue weighted by Gasteiger charge is 2.23. The van der Waals surface area contributed by atoms with Crippen molar-refractivity contribution in [2.45, 2.75) is 32.2 Å². The molecule has 18 heavy (non-hydrogen) atoms. The van der Waals surface area contributed by atoms with Crippen molar-refractivity contribution in [2.24, 2.45) is 11.7 Å². The monoisotopic (exact) mass is 253 g/mol. The molecular formula is C14H20FNO2. The van der Waals surface area contributed by atoms with Crippen molar-refractivity contribution in [1.29, 1.82) is 0 Å². The van der Waals surface area contributed by atoms with Crippen LogP contribution in [0.1, 0.15) is 31.7 Å². The van der Waals surface area contributed by atoms with E-state index in [2.05, 4.69) is 4.74 Å². The predicted octanol–water partition coefficient (Wildman–Crippen LogP) is 2.46. The van der Waals surface area contributed by atoms with Gasteiger partial charge >= 0.3 is 5.97 Å². The molecule has 0 spiro atoms. The smallest absolute Gasteiger partial charge is 0.322 e. The van der Waals surface area contributed by atoms with Crippen LogP contribution in [0.5, 0.6) is 0 Å². The van der Waals surface area contributed by atoms with Crippen LogP contribution in [0.25, 0.3) is 0 Å². The molecule has 0 radical (unpaired) electrons. The first-order chi connectivity index (χ1) is 8.47. The summed E-state index contributed by atoms with van der Waals surface area (Å²) in [5.41, 5.74) is 6.37. The number of esters is 1. The molecule has 3 atom stereocenters. The summed E-state index contributed by atoms with van der Waals surface area (Å²) in [6.07, 6.45) is 0.474. The second kappa shape index (κ2) is 6.50. The molecule has 3 unspecified atom stereocenters. The number of hydrogen-bond donors (Lipinski definition) is 1. The van der Waals surface area contributed by atoms with Gasteiger partial charge in [-0.25, -0.2) is 4.39 Å². The van der Waals surface area contributed by atoms with Gasteiger partial charge in [-0.1, -0.05) is 32.0 Å². The van der Waals surface area contributed by atoms with Crippen molar-refractivity contribution < 1.29 is 13.9 Å². The second-order valence-corrected chi connectivity index (χ2v) is 4.65. The molecule has 100 valence electrons. The maximum Gasteiger partial charge on any atom is 0.322 e. The Morgan fingerprint density at radius 3 is 2.56 bits per heavy atom. The summed E-state index contributed by atoms with van der Waals surface area (Å²) in [6.45, 7) is 3.90. The lowest BCUT2D eigenvalue weighted by Crippen LogP contribution is -2.34. The highest BCUT2D eigenvalue weighted by molar-refractivity contribution is 5.75. The third-order valence-corrected chi connectivity index (χ3v) is 3.38. The van der Waals surface area contributed by atoms with Crippen molar-refractivity contribution >= 4 is 5.97 Å². The molecule has 4 heteroatoms. The van der Waals surface area contributed by atoms with E-state index < -0.39 is 12.0 Å². The Bertz CT molecular complexity index is 409. The number of carbonyl (C=O) groups excluding carboxylic acids is 1. The minimum absolute atomic E-state index is 0.00176. The van der Waals surface area contributed by atoms with Crippen LogP contribution in [-0.4, -0.2) is 19.1 Å². The normalized spacial score (nSPS) is 15.8. The lowest BCUT2D eigenvalue weighted by molar-refractivity contribution is -0.142. The van der Waals surface area contributed by atoms with E-state index >= 15 is 0 Å². The topological polar surface area (TPSA) is 52.3 Å². The van der Waals surface area contributed by atoms with Crippen molar-refractivity contribution in [3.63, 3.8) is 0 Å². The molecule has 1 aromatic carbocycles. The first-order valence-corrected chi connectivity index (χ1v) is 6.05. The molecule has 0 aliphatic rings. The van der Waals surface area contributed by atoms with Crippen LogP contribution in [0.15, 0.2) is 24.3 Å². The van der Waals surface area contributed by atoms with Crippen LogP contribution >= 0.6 is 0 Å². The molecule has 0 aliphatic heterocycles. The quantitative estimate of drug-likeness (QED) is 0.820. The van der Waals surface area contributed by atoms with E-state index in [1.807, 2.05) is 19.9 Å². The predicted molar refractivity (Wildman–Crippen MR) is 68.6 cm³/mol. The first kappa shape index (κ1) is 14.6. The number of benzene rings is 1. The zero-order chi connectivity index (χ0) is 13.7. The van der Waals surface area contributed by atoms with Gasteiger partial charge in [0.05, 0.1) is 7.11 Å². The third-order valence-electron chi connectivity index (χ3n) is 3.38. The van der Waals surface area contributed by atoms with Crippen LogP contribution in [0, 0.1) is 11.7 Å². The Kier molecular flexibility index (Phi) is 5.28. The van der Waals surface area contributed by atoms with Crippen LogP contribution in [-0.2, 0) is 9.53 Å². The molecule has 0 fully saturated rings. The number of carbonyl (C=O) groups is 1. The Labute approximate surface area is 107 Å². The molecule has 1 rings (SSSR count). The van der Waals surface area contributed by atoms with Gasteiger partial charge in [0.1, 0.15) is 11.9 Å². The van der Waals surface area contributed by atoms with E-state index in [9.17, 15) is 9.18 Å². The molecule has 3 nitrogen and oxygen atoms in total. The standard InChI is InChI=1S/C14H20FNO2/c1-9(8-13(16)14(17)18-3)10(2)11-6-4-5-7-12(11)15/h4-7,9-10,13H,8,16H2,1-3H3. The summed E-state index contributed by atoms with van der Waals surface area (Å²) >= 11 is 0. The molecule has 0 saturated heterocycles. The van der Waals surface area contributed by atoms with Gasteiger partial charge in [0, 0.05) is 0 Å². The fourth-order valence-electron chi connectivity index (χ4n) is 2.00. The fourth-order valence-corrected chi connectivity index (χ4v) is 2.00. The van der Waals surface area contributed by atoms with E-state index in [0.717, 1.165) is 0 Å². The van der Waals surface area contributed by atoms with E-state index in [1.165, 1.54) is 13.2 Å². The van der Waals surface area contributed by atoms with Gasteiger partial charge in [-0.2, -0.15) is 0 Å². The molecule has 2 N–H and O–H groups in total. The van der Waals surface area contributed by atoms with Crippen molar-refractivity contribution in [2.75, 3.05) is 7.11 Å². The van der Waals surface area contributed by atoms with Gasteiger partial charge < -0.3 is 10.5 Å². The highest BCUT2D eigenvalue weighted by Crippen LogP contribution is 2.28. The van der Waals surface area contributed by atoms with Gasteiger partial charge in [0.25, 0.3) is 0 Å². The van der Waals surface area contributed by atoms with Gasteiger partial charge in [-0.05, 0) is 29.9 Å². The van der Waals surface area contributed by atoms with Crippen LogP contribution in [0.2, 0.25) is 0 Å². The zero-order valence-corrected chi connectivity index (χ0v) is 11.0. The average Bonchev–Trinajstić information content (AvgIpc) is 2.37. The Balaban J connectivity index is 2.70. The number of halogens is 1. The number of ether oxygens (including phenoxy) is 1.